The number of rotatable bonds is 2. The number of hydrogen-bond donors (Lipinski definition) is 1. The SMILES string of the molecule is O[C@H]1CCC[C@@H]1SC1CCCC1. The molecule has 2 saturated carbocycles. The monoisotopic (exact) mass is 186 g/mol. The smallest absolute Gasteiger partial charge is 0.0658 e. The lowest BCUT2D eigenvalue weighted by Gasteiger charge is -2.18. The second kappa shape index (κ2) is 4.01. The normalized spacial score (nSPS) is 37.8. The van der Waals surface area contributed by atoms with Gasteiger partial charge in [0, 0.05) is 10.5 Å². The summed E-state index contributed by atoms with van der Waals surface area (Å²) < 4.78 is 0. The van der Waals surface area contributed by atoms with Crippen molar-refractivity contribution in [1.82, 2.24) is 0 Å². The van der Waals surface area contributed by atoms with Gasteiger partial charge in [0.25, 0.3) is 0 Å². The van der Waals surface area contributed by atoms with Crippen LogP contribution in [0.1, 0.15) is 44.9 Å². The highest BCUT2D eigenvalue weighted by molar-refractivity contribution is 8.00. The second-order valence-corrected chi connectivity index (χ2v) is 5.62. The fourth-order valence-corrected chi connectivity index (χ4v) is 4.06. The van der Waals surface area contributed by atoms with Crippen molar-refractivity contribution in [3.05, 3.63) is 0 Å². The van der Waals surface area contributed by atoms with Gasteiger partial charge in [0.2, 0.25) is 0 Å². The predicted octanol–water partition coefficient (Wildman–Crippen LogP) is 2.58. The molecule has 0 heterocycles. The molecule has 0 aromatic carbocycles. The number of aliphatic hydroxyl groups is 1. The molecule has 0 bridgehead atoms. The van der Waals surface area contributed by atoms with Crippen LogP contribution in [0.4, 0.5) is 0 Å². The van der Waals surface area contributed by atoms with Crippen LogP contribution in [0.25, 0.3) is 0 Å². The van der Waals surface area contributed by atoms with E-state index in [1.165, 1.54) is 38.5 Å². The average Bonchev–Trinajstić information content (AvgIpc) is 2.65. The molecule has 2 aliphatic carbocycles. The van der Waals surface area contributed by atoms with Crippen LogP contribution in [-0.4, -0.2) is 21.7 Å². The molecule has 70 valence electrons. The quantitative estimate of drug-likeness (QED) is 0.715. The first kappa shape index (κ1) is 8.89. The van der Waals surface area contributed by atoms with Crippen molar-refractivity contribution >= 4 is 11.8 Å². The molecule has 2 aliphatic rings. The summed E-state index contributed by atoms with van der Waals surface area (Å²) in [6.45, 7) is 0. The number of thioether (sulfide) groups is 1. The predicted molar refractivity (Wildman–Crippen MR) is 53.5 cm³/mol. The third kappa shape index (κ3) is 1.97. The molecule has 2 rings (SSSR count). The third-order valence-corrected chi connectivity index (χ3v) is 4.84. The lowest BCUT2D eigenvalue weighted by Crippen LogP contribution is -2.18. The molecule has 0 unspecified atom stereocenters. The van der Waals surface area contributed by atoms with Crippen molar-refractivity contribution in [2.75, 3.05) is 0 Å². The summed E-state index contributed by atoms with van der Waals surface area (Å²) in [5.74, 6) is 0. The Morgan fingerprint density at radius 2 is 1.67 bits per heavy atom. The van der Waals surface area contributed by atoms with E-state index in [9.17, 15) is 5.11 Å². The van der Waals surface area contributed by atoms with Gasteiger partial charge in [-0.15, -0.1) is 0 Å². The highest BCUT2D eigenvalue weighted by Crippen LogP contribution is 2.38. The molecule has 0 amide bonds. The zero-order valence-electron chi connectivity index (χ0n) is 7.54. The van der Waals surface area contributed by atoms with Gasteiger partial charge in [-0.25, -0.2) is 0 Å². The molecule has 2 heteroatoms. The molecule has 0 radical (unpaired) electrons. The Morgan fingerprint density at radius 3 is 2.25 bits per heavy atom. The van der Waals surface area contributed by atoms with Crippen molar-refractivity contribution in [3.8, 4) is 0 Å². The minimum atomic E-state index is 0.00981. The van der Waals surface area contributed by atoms with Crippen molar-refractivity contribution in [1.29, 1.82) is 0 Å². The van der Waals surface area contributed by atoms with Crippen molar-refractivity contribution in [2.24, 2.45) is 0 Å². The lowest BCUT2D eigenvalue weighted by atomic mass is 10.3. The molecule has 1 N–H and O–H groups in total. The van der Waals surface area contributed by atoms with E-state index in [1.807, 2.05) is 0 Å². The molecular weight excluding hydrogens is 168 g/mol. The number of hydrogen-bond acceptors (Lipinski definition) is 2. The summed E-state index contributed by atoms with van der Waals surface area (Å²) >= 11 is 2.07. The topological polar surface area (TPSA) is 20.2 Å². The summed E-state index contributed by atoms with van der Waals surface area (Å²) in [6, 6.07) is 0. The molecule has 0 aromatic rings. The minimum absolute atomic E-state index is 0.00981. The van der Waals surface area contributed by atoms with Crippen LogP contribution in [-0.2, 0) is 0 Å². The highest BCUT2D eigenvalue weighted by Gasteiger charge is 2.29. The van der Waals surface area contributed by atoms with Gasteiger partial charge < -0.3 is 5.11 Å². The van der Waals surface area contributed by atoms with Crippen LogP contribution >= 0.6 is 11.8 Å². The van der Waals surface area contributed by atoms with E-state index in [1.54, 1.807) is 0 Å². The zero-order valence-corrected chi connectivity index (χ0v) is 8.35. The van der Waals surface area contributed by atoms with Crippen LogP contribution < -0.4 is 0 Å². The van der Waals surface area contributed by atoms with Crippen molar-refractivity contribution < 1.29 is 5.11 Å². The first-order valence-corrected chi connectivity index (χ1v) is 6.14. The molecule has 0 saturated heterocycles. The van der Waals surface area contributed by atoms with Gasteiger partial charge in [0.15, 0.2) is 0 Å². The van der Waals surface area contributed by atoms with Crippen molar-refractivity contribution in [2.45, 2.75) is 61.5 Å². The summed E-state index contributed by atoms with van der Waals surface area (Å²) in [4.78, 5) is 0. The second-order valence-electron chi connectivity index (χ2n) is 4.08. The van der Waals surface area contributed by atoms with Gasteiger partial charge in [-0.1, -0.05) is 12.8 Å². The van der Waals surface area contributed by atoms with Crippen LogP contribution in [0.3, 0.4) is 0 Å². The fourth-order valence-electron chi connectivity index (χ4n) is 2.34. The average molecular weight is 186 g/mol. The van der Waals surface area contributed by atoms with Crippen LogP contribution in [0.15, 0.2) is 0 Å². The fraction of sp³-hybridized carbons (Fsp3) is 1.00. The zero-order chi connectivity index (χ0) is 8.39. The van der Waals surface area contributed by atoms with Crippen molar-refractivity contribution in [3.63, 3.8) is 0 Å². The Hall–Kier alpha value is 0.310. The van der Waals surface area contributed by atoms with E-state index in [2.05, 4.69) is 11.8 Å². The Bertz CT molecular complexity index is 143. The maximum absolute atomic E-state index is 9.63. The minimum Gasteiger partial charge on any atom is -0.392 e. The maximum atomic E-state index is 9.63. The van der Waals surface area contributed by atoms with Gasteiger partial charge in [-0.05, 0) is 32.1 Å². The molecule has 2 fully saturated rings. The van der Waals surface area contributed by atoms with E-state index in [4.69, 9.17) is 0 Å². The van der Waals surface area contributed by atoms with Crippen LogP contribution in [0.2, 0.25) is 0 Å². The van der Waals surface area contributed by atoms with E-state index in [0.29, 0.717) is 5.25 Å². The molecule has 0 aliphatic heterocycles. The molecule has 1 nitrogen and oxygen atoms in total. The summed E-state index contributed by atoms with van der Waals surface area (Å²) in [5.41, 5.74) is 0. The Kier molecular flexibility index (Phi) is 2.97. The largest absolute Gasteiger partial charge is 0.392 e. The van der Waals surface area contributed by atoms with E-state index >= 15 is 0 Å². The van der Waals surface area contributed by atoms with Gasteiger partial charge in [0.1, 0.15) is 0 Å². The van der Waals surface area contributed by atoms with Gasteiger partial charge in [-0.3, -0.25) is 0 Å². The van der Waals surface area contributed by atoms with Crippen LogP contribution in [0, 0.1) is 0 Å². The van der Waals surface area contributed by atoms with Gasteiger partial charge in [-0.2, -0.15) is 11.8 Å². The molecule has 2 atom stereocenters. The molecule has 0 aromatic heterocycles. The van der Waals surface area contributed by atoms with E-state index in [-0.39, 0.29) is 6.10 Å². The molecular formula is C10H18OS. The summed E-state index contributed by atoms with van der Waals surface area (Å²) in [7, 11) is 0. The Labute approximate surface area is 78.9 Å². The van der Waals surface area contributed by atoms with Crippen LogP contribution in [0.5, 0.6) is 0 Å². The Balaban J connectivity index is 1.77. The maximum Gasteiger partial charge on any atom is 0.0658 e. The van der Waals surface area contributed by atoms with E-state index in [0.717, 1.165) is 11.7 Å². The van der Waals surface area contributed by atoms with Gasteiger partial charge in [0.05, 0.1) is 6.10 Å². The number of aliphatic hydroxyl groups excluding tert-OH is 1. The molecule has 12 heavy (non-hydrogen) atoms. The summed E-state index contributed by atoms with van der Waals surface area (Å²) in [5, 5.41) is 11.1. The lowest BCUT2D eigenvalue weighted by molar-refractivity contribution is 0.188. The summed E-state index contributed by atoms with van der Waals surface area (Å²) in [6.07, 6.45) is 9.18. The van der Waals surface area contributed by atoms with Gasteiger partial charge >= 0.3 is 0 Å². The first-order chi connectivity index (χ1) is 5.86. The Morgan fingerprint density at radius 1 is 0.917 bits per heavy atom. The first-order valence-electron chi connectivity index (χ1n) is 5.20. The van der Waals surface area contributed by atoms with E-state index < -0.39 is 0 Å². The standard InChI is InChI=1S/C10H18OS/c11-9-6-3-7-10(9)12-8-4-1-2-5-8/h8-11H,1-7H2/t9-,10-/m0/s1. The highest BCUT2D eigenvalue weighted by atomic mass is 32.2. The molecule has 0 spiro atoms. The third-order valence-electron chi connectivity index (χ3n) is 3.09.